The van der Waals surface area contributed by atoms with Crippen LogP contribution in [0.3, 0.4) is 0 Å². The second-order valence-corrected chi connectivity index (χ2v) is 16.5. The van der Waals surface area contributed by atoms with Crippen LogP contribution in [0.25, 0.3) is 33.4 Å². The first-order chi connectivity index (χ1) is 31.6. The average molecular weight is 772 g/mol. The van der Waals surface area contributed by atoms with Crippen molar-refractivity contribution in [2.75, 3.05) is 9.80 Å². The first kappa shape index (κ1) is 29.7. The van der Waals surface area contributed by atoms with Crippen molar-refractivity contribution >= 4 is 34.1 Å². The van der Waals surface area contributed by atoms with E-state index in [1.54, 1.807) is 4.90 Å². The zero-order chi connectivity index (χ0) is 44.4. The molecule has 0 N–H and O–H groups in total. The fraction of sp³-hybridized carbons (Fsp3) is 0.0690. The van der Waals surface area contributed by atoms with Crippen LogP contribution in [-0.4, -0.2) is 0 Å². The van der Waals surface area contributed by atoms with Crippen molar-refractivity contribution in [3.63, 3.8) is 0 Å². The third kappa shape index (κ3) is 4.76. The van der Waals surface area contributed by atoms with Gasteiger partial charge in [0.2, 0.25) is 0 Å². The lowest BCUT2D eigenvalue weighted by atomic mass is 9.70. The van der Waals surface area contributed by atoms with Crippen LogP contribution in [-0.2, 0) is 10.8 Å². The Hall–Kier alpha value is -7.42. The van der Waals surface area contributed by atoms with E-state index in [0.29, 0.717) is 11.4 Å². The lowest BCUT2D eigenvalue weighted by Crippen LogP contribution is -2.26. The van der Waals surface area contributed by atoms with Gasteiger partial charge in [-0.15, -0.1) is 0 Å². The molecule has 3 aliphatic carbocycles. The molecule has 2 heteroatoms. The molecule has 12 rings (SSSR count). The summed E-state index contributed by atoms with van der Waals surface area (Å²) < 4.78 is 43.8. The number of para-hydroxylation sites is 3. The Bertz CT molecular complexity index is 3410. The van der Waals surface area contributed by atoms with Crippen LogP contribution in [0, 0.1) is 0 Å². The van der Waals surface area contributed by atoms with Crippen molar-refractivity contribution in [1.29, 1.82) is 0 Å². The summed E-state index contributed by atoms with van der Waals surface area (Å²) in [5.74, 6) is 0. The number of benzene rings is 9. The van der Waals surface area contributed by atoms with Gasteiger partial charge in [-0.05, 0) is 133 Å². The molecule has 1 atom stereocenters. The molecule has 0 amide bonds. The summed E-state index contributed by atoms with van der Waals surface area (Å²) in [6, 6.07) is 64.9. The lowest BCUT2D eigenvalue weighted by Gasteiger charge is -2.34. The zero-order valence-corrected chi connectivity index (χ0v) is 33.3. The largest absolute Gasteiger partial charge is 0.310 e. The van der Waals surface area contributed by atoms with E-state index in [-0.39, 0.29) is 35.3 Å². The van der Waals surface area contributed by atoms with E-state index in [9.17, 15) is 0 Å². The summed E-state index contributed by atoms with van der Waals surface area (Å²) in [4.78, 5) is 4.24. The molecule has 2 nitrogen and oxygen atoms in total. The van der Waals surface area contributed by atoms with Gasteiger partial charge in [-0.2, -0.15) is 0 Å². The van der Waals surface area contributed by atoms with Crippen LogP contribution < -0.4 is 9.80 Å². The zero-order valence-electron chi connectivity index (χ0n) is 38.3. The van der Waals surface area contributed by atoms with E-state index < -0.39 is 11.5 Å². The molecule has 0 radical (unpaired) electrons. The Kier molecular flexibility index (Phi) is 6.47. The molecule has 0 fully saturated rings. The van der Waals surface area contributed by atoms with E-state index in [1.165, 1.54) is 50.1 Å². The molecule has 0 heterocycles. The first-order valence-electron chi connectivity index (χ1n) is 23.1. The highest BCUT2D eigenvalue weighted by atomic mass is 15.2. The molecular weight excluding hydrogens is 725 g/mol. The monoisotopic (exact) mass is 771 g/mol. The highest BCUT2D eigenvalue weighted by molar-refractivity contribution is 5.98. The molecule has 0 saturated heterocycles. The Morgan fingerprint density at radius 3 is 1.53 bits per heavy atom. The minimum absolute atomic E-state index is 0.101. The minimum atomic E-state index is -0.683. The van der Waals surface area contributed by atoms with Gasteiger partial charge in [0.15, 0.2) is 0 Å². The van der Waals surface area contributed by atoms with Crippen molar-refractivity contribution < 1.29 is 6.85 Å². The maximum atomic E-state index is 9.09. The van der Waals surface area contributed by atoms with Crippen molar-refractivity contribution in [3.8, 4) is 33.4 Å². The van der Waals surface area contributed by atoms with Gasteiger partial charge in [-0.3, -0.25) is 0 Å². The Morgan fingerprint density at radius 1 is 0.350 bits per heavy atom. The van der Waals surface area contributed by atoms with E-state index >= 15 is 0 Å². The topological polar surface area (TPSA) is 6.48 Å². The van der Waals surface area contributed by atoms with Crippen molar-refractivity contribution in [1.82, 2.24) is 0 Å². The van der Waals surface area contributed by atoms with Gasteiger partial charge in [0.25, 0.3) is 0 Å². The van der Waals surface area contributed by atoms with Crippen LogP contribution in [0.4, 0.5) is 34.1 Å². The maximum Gasteiger partial charge on any atom is 0.0726 e. The minimum Gasteiger partial charge on any atom is -0.310 e. The Balaban J connectivity index is 1.11. The molecule has 0 aromatic heterocycles. The molecule has 1 unspecified atom stereocenters. The van der Waals surface area contributed by atoms with Gasteiger partial charge in [-0.1, -0.05) is 165 Å². The lowest BCUT2D eigenvalue weighted by molar-refractivity contribution is 0.661. The summed E-state index contributed by atoms with van der Waals surface area (Å²) in [6.45, 7) is 4.69. The molecular formula is C58H42N2. The SMILES string of the molecule is [2H]c1c([2H])c([2H])c(N(c2ccccc2)c2ccc3c(c2)-c2ccccc2C32c3ccccc3-c3ccc(N(c4ccccc4)c4cccc5c4C(C)(C)c4ccccc4-5)cc32)c([2H])c1[2H]. The van der Waals surface area contributed by atoms with E-state index in [0.717, 1.165) is 33.8 Å². The molecule has 9 aromatic carbocycles. The molecule has 3 aliphatic rings. The molecule has 0 aliphatic heterocycles. The number of anilines is 6. The van der Waals surface area contributed by atoms with Crippen LogP contribution in [0.5, 0.6) is 0 Å². The maximum absolute atomic E-state index is 9.09. The Labute approximate surface area is 359 Å². The van der Waals surface area contributed by atoms with Crippen molar-refractivity contribution in [3.05, 3.63) is 252 Å². The molecule has 284 valence electrons. The highest BCUT2D eigenvalue weighted by Crippen LogP contribution is 2.64. The van der Waals surface area contributed by atoms with Gasteiger partial charge in [0, 0.05) is 33.9 Å². The predicted octanol–water partition coefficient (Wildman–Crippen LogP) is 15.3. The van der Waals surface area contributed by atoms with Crippen molar-refractivity contribution in [2.24, 2.45) is 0 Å². The fourth-order valence-electron chi connectivity index (χ4n) is 10.7. The van der Waals surface area contributed by atoms with Gasteiger partial charge in [0.1, 0.15) is 0 Å². The summed E-state index contributed by atoms with van der Waals surface area (Å²) in [5.41, 5.74) is 18.2. The first-order valence-corrected chi connectivity index (χ1v) is 20.6. The smallest absolute Gasteiger partial charge is 0.0726 e. The number of rotatable bonds is 6. The van der Waals surface area contributed by atoms with E-state index in [4.69, 9.17) is 6.85 Å². The number of hydrogen-bond acceptors (Lipinski definition) is 2. The molecule has 0 saturated carbocycles. The van der Waals surface area contributed by atoms with E-state index in [2.05, 4.69) is 170 Å². The Morgan fingerprint density at radius 2 is 0.850 bits per heavy atom. The van der Waals surface area contributed by atoms with Gasteiger partial charge >= 0.3 is 0 Å². The highest BCUT2D eigenvalue weighted by Gasteiger charge is 2.52. The van der Waals surface area contributed by atoms with Crippen LogP contribution in [0.15, 0.2) is 218 Å². The summed E-state index contributed by atoms with van der Waals surface area (Å²) in [5, 5.41) is 0. The molecule has 9 aromatic rings. The average Bonchev–Trinajstić information content (AvgIpc) is 3.90. The number of hydrogen-bond donors (Lipinski definition) is 0. The number of fused-ring (bicyclic) bond motifs is 13. The summed E-state index contributed by atoms with van der Waals surface area (Å²) in [6.07, 6.45) is 0. The van der Waals surface area contributed by atoms with E-state index in [1.807, 2.05) is 36.4 Å². The third-order valence-corrected chi connectivity index (χ3v) is 13.1. The van der Waals surface area contributed by atoms with Gasteiger partial charge < -0.3 is 9.80 Å². The van der Waals surface area contributed by atoms with Gasteiger partial charge in [-0.25, -0.2) is 0 Å². The molecule has 0 bridgehead atoms. The second-order valence-electron chi connectivity index (χ2n) is 16.5. The quantitative estimate of drug-likeness (QED) is 0.166. The number of nitrogens with zero attached hydrogens (tertiary/aromatic N) is 2. The van der Waals surface area contributed by atoms with Gasteiger partial charge in [0.05, 0.1) is 18.0 Å². The summed E-state index contributed by atoms with van der Waals surface area (Å²) in [7, 11) is 0. The third-order valence-electron chi connectivity index (χ3n) is 13.1. The molecule has 1 spiro atoms. The van der Waals surface area contributed by atoms with Crippen LogP contribution in [0.1, 0.15) is 54.1 Å². The normalized spacial score (nSPS) is 16.9. The van der Waals surface area contributed by atoms with Crippen LogP contribution >= 0.6 is 0 Å². The second kappa shape index (κ2) is 13.0. The van der Waals surface area contributed by atoms with Crippen LogP contribution in [0.2, 0.25) is 0 Å². The molecule has 60 heavy (non-hydrogen) atoms. The standard InChI is InChI=1S/C58H42N2/c1-57(2)50-29-15-12-26-45(50)48-28-18-32-55(56(48)57)60(41-23-10-5-11-24-41)43-33-35-47-44-25-13-16-30-51(44)58(54(47)38-43)52-31-17-14-27-46(52)49-37-42(34-36-53(49)58)59(39-19-6-3-7-20-39)40-21-8-4-9-22-40/h3-38H,1-2H3/i3D,6D,7D,19D,20D. The van der Waals surface area contributed by atoms with Crippen molar-refractivity contribution in [2.45, 2.75) is 24.7 Å². The fourth-order valence-corrected chi connectivity index (χ4v) is 10.7. The predicted molar refractivity (Wildman–Crippen MR) is 250 cm³/mol. The summed E-state index contributed by atoms with van der Waals surface area (Å²) >= 11 is 0.